The summed E-state index contributed by atoms with van der Waals surface area (Å²) in [4.78, 5) is 15.2. The van der Waals surface area contributed by atoms with Crippen molar-refractivity contribution in [1.29, 1.82) is 5.26 Å². The first-order valence-corrected chi connectivity index (χ1v) is 4.20. The Bertz CT molecular complexity index is 404. The van der Waals surface area contributed by atoms with E-state index in [0.717, 1.165) is 11.3 Å². The van der Waals surface area contributed by atoms with Gasteiger partial charge in [-0.2, -0.15) is 5.26 Å². The SMILES string of the molecule is N#Cc1ccc2c(n1)CCC(=O)C2. The molecule has 0 atom stereocenters. The van der Waals surface area contributed by atoms with E-state index < -0.39 is 0 Å². The van der Waals surface area contributed by atoms with Crippen molar-refractivity contribution in [3.8, 4) is 6.07 Å². The number of pyridine rings is 1. The van der Waals surface area contributed by atoms with Crippen molar-refractivity contribution in [1.82, 2.24) is 4.98 Å². The van der Waals surface area contributed by atoms with E-state index in [1.54, 1.807) is 6.07 Å². The third-order valence-corrected chi connectivity index (χ3v) is 2.21. The van der Waals surface area contributed by atoms with Gasteiger partial charge in [-0.05, 0) is 18.1 Å². The maximum Gasteiger partial charge on any atom is 0.140 e. The Labute approximate surface area is 76.0 Å². The summed E-state index contributed by atoms with van der Waals surface area (Å²) in [6.45, 7) is 0. The van der Waals surface area contributed by atoms with Crippen LogP contribution in [0, 0.1) is 11.3 Å². The number of ketones is 1. The van der Waals surface area contributed by atoms with E-state index in [1.165, 1.54) is 0 Å². The molecule has 0 spiro atoms. The van der Waals surface area contributed by atoms with Crippen LogP contribution in [0.25, 0.3) is 0 Å². The molecular formula is C10H8N2O. The zero-order chi connectivity index (χ0) is 9.26. The average Bonchev–Trinajstić information content (AvgIpc) is 2.17. The van der Waals surface area contributed by atoms with Crippen LogP contribution in [-0.4, -0.2) is 10.8 Å². The van der Waals surface area contributed by atoms with Crippen molar-refractivity contribution in [2.45, 2.75) is 19.3 Å². The van der Waals surface area contributed by atoms with E-state index in [1.807, 2.05) is 12.1 Å². The van der Waals surface area contributed by atoms with Gasteiger partial charge in [-0.15, -0.1) is 0 Å². The zero-order valence-electron chi connectivity index (χ0n) is 7.08. The fourth-order valence-corrected chi connectivity index (χ4v) is 1.53. The highest BCUT2D eigenvalue weighted by Crippen LogP contribution is 2.17. The summed E-state index contributed by atoms with van der Waals surface area (Å²) in [5.74, 6) is 0.263. The molecule has 1 aromatic heterocycles. The van der Waals surface area contributed by atoms with Crippen LogP contribution in [0.3, 0.4) is 0 Å². The number of carbonyl (C=O) groups is 1. The second kappa shape index (κ2) is 2.98. The predicted octanol–water partition coefficient (Wildman–Crippen LogP) is 1.01. The minimum atomic E-state index is 0.263. The van der Waals surface area contributed by atoms with Crippen LogP contribution in [0.4, 0.5) is 0 Å². The van der Waals surface area contributed by atoms with Crippen molar-refractivity contribution < 1.29 is 4.79 Å². The first-order chi connectivity index (χ1) is 6.29. The Hall–Kier alpha value is -1.69. The van der Waals surface area contributed by atoms with Crippen molar-refractivity contribution in [2.75, 3.05) is 0 Å². The lowest BCUT2D eigenvalue weighted by molar-refractivity contribution is -0.118. The molecule has 0 saturated heterocycles. The molecule has 3 heteroatoms. The Morgan fingerprint density at radius 2 is 2.23 bits per heavy atom. The van der Waals surface area contributed by atoms with Gasteiger partial charge in [0.2, 0.25) is 0 Å². The summed E-state index contributed by atoms with van der Waals surface area (Å²) in [7, 11) is 0. The molecule has 1 aromatic rings. The molecule has 0 radical (unpaired) electrons. The molecule has 13 heavy (non-hydrogen) atoms. The summed E-state index contributed by atoms with van der Waals surface area (Å²) >= 11 is 0. The lowest BCUT2D eigenvalue weighted by Gasteiger charge is -2.12. The van der Waals surface area contributed by atoms with Gasteiger partial charge in [0.25, 0.3) is 0 Å². The zero-order valence-corrected chi connectivity index (χ0v) is 7.08. The van der Waals surface area contributed by atoms with E-state index in [0.29, 0.717) is 25.0 Å². The van der Waals surface area contributed by atoms with Crippen LogP contribution in [0.5, 0.6) is 0 Å². The second-order valence-electron chi connectivity index (χ2n) is 3.13. The molecular weight excluding hydrogens is 164 g/mol. The fourth-order valence-electron chi connectivity index (χ4n) is 1.53. The van der Waals surface area contributed by atoms with E-state index in [4.69, 9.17) is 5.26 Å². The summed E-state index contributed by atoms with van der Waals surface area (Å²) in [5, 5.41) is 8.61. The summed E-state index contributed by atoms with van der Waals surface area (Å²) in [6.07, 6.45) is 1.73. The molecule has 1 heterocycles. The highest BCUT2D eigenvalue weighted by Gasteiger charge is 2.16. The van der Waals surface area contributed by atoms with Crippen molar-refractivity contribution >= 4 is 5.78 Å². The normalized spacial score (nSPS) is 14.8. The monoisotopic (exact) mass is 172 g/mol. The molecule has 0 bridgehead atoms. The highest BCUT2D eigenvalue weighted by molar-refractivity contribution is 5.82. The predicted molar refractivity (Wildman–Crippen MR) is 46.0 cm³/mol. The van der Waals surface area contributed by atoms with Crippen LogP contribution >= 0.6 is 0 Å². The number of rotatable bonds is 0. The topological polar surface area (TPSA) is 53.8 Å². The molecule has 64 valence electrons. The van der Waals surface area contributed by atoms with Crippen LogP contribution in [-0.2, 0) is 17.6 Å². The minimum absolute atomic E-state index is 0.263. The highest BCUT2D eigenvalue weighted by atomic mass is 16.1. The molecule has 1 aliphatic rings. The van der Waals surface area contributed by atoms with Crippen LogP contribution in [0.1, 0.15) is 23.4 Å². The fraction of sp³-hybridized carbons (Fsp3) is 0.300. The van der Waals surface area contributed by atoms with Crippen LogP contribution in [0.2, 0.25) is 0 Å². The van der Waals surface area contributed by atoms with Crippen LogP contribution < -0.4 is 0 Å². The Balaban J connectivity index is 2.43. The van der Waals surface area contributed by atoms with E-state index in [2.05, 4.69) is 4.98 Å². The first kappa shape index (κ1) is 7.93. The number of aryl methyl sites for hydroxylation is 1. The molecule has 3 nitrogen and oxygen atoms in total. The Kier molecular flexibility index (Phi) is 1.82. The molecule has 0 aromatic carbocycles. The average molecular weight is 172 g/mol. The maximum absolute atomic E-state index is 11.1. The summed E-state index contributed by atoms with van der Waals surface area (Å²) < 4.78 is 0. The van der Waals surface area contributed by atoms with Gasteiger partial charge < -0.3 is 0 Å². The first-order valence-electron chi connectivity index (χ1n) is 4.20. The van der Waals surface area contributed by atoms with Crippen molar-refractivity contribution in [3.63, 3.8) is 0 Å². The lowest BCUT2D eigenvalue weighted by atomic mass is 9.95. The number of fused-ring (bicyclic) bond motifs is 1. The largest absolute Gasteiger partial charge is 0.299 e. The van der Waals surface area contributed by atoms with Gasteiger partial charge in [0.1, 0.15) is 17.5 Å². The van der Waals surface area contributed by atoms with Crippen LogP contribution in [0.15, 0.2) is 12.1 Å². The third kappa shape index (κ3) is 1.43. The smallest absolute Gasteiger partial charge is 0.140 e. The van der Waals surface area contributed by atoms with E-state index in [-0.39, 0.29) is 5.78 Å². The van der Waals surface area contributed by atoms with Gasteiger partial charge in [-0.1, -0.05) is 6.07 Å². The molecule has 1 aliphatic carbocycles. The minimum Gasteiger partial charge on any atom is -0.299 e. The lowest BCUT2D eigenvalue weighted by Crippen LogP contribution is -2.14. The molecule has 0 unspecified atom stereocenters. The number of aromatic nitrogens is 1. The number of hydrogen-bond acceptors (Lipinski definition) is 3. The molecule has 0 saturated carbocycles. The molecule has 0 N–H and O–H groups in total. The summed E-state index contributed by atoms with van der Waals surface area (Å²) in [5.41, 5.74) is 2.34. The molecule has 2 rings (SSSR count). The van der Waals surface area contributed by atoms with Gasteiger partial charge in [0.05, 0.1) is 0 Å². The third-order valence-electron chi connectivity index (χ3n) is 2.21. The van der Waals surface area contributed by atoms with E-state index in [9.17, 15) is 4.79 Å². The second-order valence-corrected chi connectivity index (χ2v) is 3.13. The number of Topliss-reactive ketones (excluding diaryl/α,β-unsaturated/α-hetero) is 1. The maximum atomic E-state index is 11.1. The van der Waals surface area contributed by atoms with Gasteiger partial charge in [0.15, 0.2) is 0 Å². The standard InChI is InChI=1S/C10H8N2O/c11-6-8-2-1-7-5-9(13)3-4-10(7)12-8/h1-2H,3-5H2. The molecule has 0 aliphatic heterocycles. The van der Waals surface area contributed by atoms with Gasteiger partial charge >= 0.3 is 0 Å². The summed E-state index contributed by atoms with van der Waals surface area (Å²) in [6, 6.07) is 5.49. The quantitative estimate of drug-likeness (QED) is 0.586. The Morgan fingerprint density at radius 3 is 3.00 bits per heavy atom. The number of nitrogens with zero attached hydrogens (tertiary/aromatic N) is 2. The van der Waals surface area contributed by atoms with Crippen molar-refractivity contribution in [3.05, 3.63) is 29.1 Å². The number of carbonyl (C=O) groups excluding carboxylic acids is 1. The Morgan fingerprint density at radius 1 is 1.38 bits per heavy atom. The van der Waals surface area contributed by atoms with Crippen molar-refractivity contribution in [2.24, 2.45) is 0 Å². The molecule has 0 amide bonds. The number of nitriles is 1. The van der Waals surface area contributed by atoms with Gasteiger partial charge in [-0.25, -0.2) is 4.98 Å². The van der Waals surface area contributed by atoms with E-state index >= 15 is 0 Å². The van der Waals surface area contributed by atoms with Gasteiger partial charge in [-0.3, -0.25) is 4.79 Å². The number of hydrogen-bond donors (Lipinski definition) is 0. The van der Waals surface area contributed by atoms with Gasteiger partial charge in [0, 0.05) is 18.5 Å². The molecule has 0 fully saturated rings.